The maximum absolute atomic E-state index is 13.3. The lowest BCUT2D eigenvalue weighted by Crippen LogP contribution is -2.65. The summed E-state index contributed by atoms with van der Waals surface area (Å²) in [6, 6.07) is 7.02. The number of hydrogen-bond acceptors (Lipinski definition) is 4. The van der Waals surface area contributed by atoms with Crippen LogP contribution in [-0.2, 0) is 20.9 Å². The van der Waals surface area contributed by atoms with E-state index in [9.17, 15) is 14.0 Å². The summed E-state index contributed by atoms with van der Waals surface area (Å²) in [5.74, 6) is -0.351. The highest BCUT2D eigenvalue weighted by atomic mass is 35.5. The van der Waals surface area contributed by atoms with Crippen LogP contribution in [0.25, 0.3) is 0 Å². The Morgan fingerprint density at radius 2 is 1.96 bits per heavy atom. The smallest absolute Gasteiger partial charge is 0.251 e. The number of aryl methyl sites for hydroxylation is 1. The summed E-state index contributed by atoms with van der Waals surface area (Å²) in [7, 11) is 0. The van der Waals surface area contributed by atoms with Gasteiger partial charge in [-0.1, -0.05) is 23.7 Å². The molecule has 0 radical (unpaired) electrons. The number of carbonyl (C=O) groups excluding carboxylic acids is 2. The number of benzene rings is 1. The molecule has 0 saturated carbocycles. The highest BCUT2D eigenvalue weighted by Gasteiger charge is 2.47. The minimum absolute atomic E-state index is 0.0766. The van der Waals surface area contributed by atoms with Gasteiger partial charge in [-0.25, -0.2) is 9.37 Å². The molecule has 4 rings (SSSR count). The van der Waals surface area contributed by atoms with Gasteiger partial charge in [-0.2, -0.15) is 0 Å². The Labute approximate surface area is 166 Å². The molecular formula is C20H19ClFN3O3. The van der Waals surface area contributed by atoms with Gasteiger partial charge in [0.25, 0.3) is 5.91 Å². The molecule has 0 unspecified atom stereocenters. The van der Waals surface area contributed by atoms with Crippen molar-refractivity contribution in [1.29, 1.82) is 0 Å². The van der Waals surface area contributed by atoms with Gasteiger partial charge in [0.1, 0.15) is 24.2 Å². The van der Waals surface area contributed by atoms with Gasteiger partial charge in [0, 0.05) is 18.7 Å². The van der Waals surface area contributed by atoms with Crippen LogP contribution in [-0.4, -0.2) is 47.5 Å². The fourth-order valence-corrected chi connectivity index (χ4v) is 3.83. The molecule has 146 valence electrons. The summed E-state index contributed by atoms with van der Waals surface area (Å²) >= 11 is 5.97. The number of nitrogens with zero attached hydrogens (tertiary/aromatic N) is 3. The lowest BCUT2D eigenvalue weighted by Gasteiger charge is -2.45. The molecule has 0 N–H and O–H groups in total. The lowest BCUT2D eigenvalue weighted by atomic mass is 9.92. The van der Waals surface area contributed by atoms with Crippen LogP contribution in [0.4, 0.5) is 10.2 Å². The second-order valence-electron chi connectivity index (χ2n) is 7.11. The molecule has 2 amide bonds. The van der Waals surface area contributed by atoms with E-state index in [0.29, 0.717) is 24.1 Å². The molecule has 1 atom stereocenters. The summed E-state index contributed by atoms with van der Waals surface area (Å²) in [4.78, 5) is 33.6. The fourth-order valence-electron chi connectivity index (χ4n) is 3.61. The van der Waals surface area contributed by atoms with Crippen LogP contribution in [0, 0.1) is 18.7 Å². The van der Waals surface area contributed by atoms with Gasteiger partial charge < -0.3 is 9.64 Å². The Morgan fingerprint density at radius 3 is 2.57 bits per heavy atom. The first-order valence-corrected chi connectivity index (χ1v) is 9.37. The monoisotopic (exact) mass is 403 g/mol. The minimum atomic E-state index is -0.642. The number of carbonyl (C=O) groups is 2. The van der Waals surface area contributed by atoms with E-state index >= 15 is 0 Å². The molecule has 3 heterocycles. The van der Waals surface area contributed by atoms with Gasteiger partial charge >= 0.3 is 0 Å². The standard InChI is InChI=1S/C20H19ClFN3O3/c1-12-6-15(21)7-23-19(12)25-9-17(26)24(8-13-2-4-16(22)5-3-13)18(20(25)27)14-10-28-11-14/h2-7,14,18H,8-11H2,1H3/t18-/m0/s1. The maximum Gasteiger partial charge on any atom is 0.251 e. The van der Waals surface area contributed by atoms with Crippen LogP contribution >= 0.6 is 11.6 Å². The number of pyridine rings is 1. The first-order chi connectivity index (χ1) is 13.4. The van der Waals surface area contributed by atoms with Gasteiger partial charge in [-0.3, -0.25) is 14.5 Å². The molecule has 1 aromatic carbocycles. The minimum Gasteiger partial charge on any atom is -0.380 e. The zero-order valence-electron chi connectivity index (χ0n) is 15.3. The third kappa shape index (κ3) is 3.47. The molecule has 0 spiro atoms. The maximum atomic E-state index is 13.3. The highest BCUT2D eigenvalue weighted by Crippen LogP contribution is 2.30. The quantitative estimate of drug-likeness (QED) is 0.787. The van der Waals surface area contributed by atoms with Crippen molar-refractivity contribution >= 4 is 29.2 Å². The average Bonchev–Trinajstić information content (AvgIpc) is 2.61. The van der Waals surface area contributed by atoms with Gasteiger partial charge in [-0.15, -0.1) is 0 Å². The number of ether oxygens (including phenoxy) is 1. The predicted octanol–water partition coefficient (Wildman–Crippen LogP) is 2.57. The van der Waals surface area contributed by atoms with E-state index in [4.69, 9.17) is 16.3 Å². The van der Waals surface area contributed by atoms with Crippen molar-refractivity contribution in [3.63, 3.8) is 0 Å². The third-order valence-electron chi connectivity index (χ3n) is 5.12. The topological polar surface area (TPSA) is 62.7 Å². The molecule has 1 aromatic heterocycles. The van der Waals surface area contributed by atoms with E-state index in [2.05, 4.69) is 4.98 Å². The molecule has 6 nitrogen and oxygen atoms in total. The van der Waals surface area contributed by atoms with Crippen LogP contribution in [0.5, 0.6) is 0 Å². The molecular weight excluding hydrogens is 385 g/mol. The van der Waals surface area contributed by atoms with Crippen molar-refractivity contribution in [1.82, 2.24) is 9.88 Å². The SMILES string of the molecule is Cc1cc(Cl)cnc1N1CC(=O)N(Cc2ccc(F)cc2)[C@@H](C2COC2)C1=O. The van der Waals surface area contributed by atoms with Crippen molar-refractivity contribution in [2.45, 2.75) is 19.5 Å². The van der Waals surface area contributed by atoms with Crippen LogP contribution in [0.3, 0.4) is 0 Å². The van der Waals surface area contributed by atoms with Crippen molar-refractivity contribution in [2.24, 2.45) is 5.92 Å². The number of halogens is 2. The van der Waals surface area contributed by atoms with E-state index in [-0.39, 0.29) is 36.6 Å². The highest BCUT2D eigenvalue weighted by molar-refractivity contribution is 6.30. The summed E-state index contributed by atoms with van der Waals surface area (Å²) in [6.45, 7) is 2.79. The van der Waals surface area contributed by atoms with Gasteiger partial charge in [0.05, 0.1) is 18.2 Å². The van der Waals surface area contributed by atoms with E-state index in [1.165, 1.54) is 23.2 Å². The predicted molar refractivity (Wildman–Crippen MR) is 101 cm³/mol. The van der Waals surface area contributed by atoms with Gasteiger partial charge in [-0.05, 0) is 36.2 Å². The van der Waals surface area contributed by atoms with Crippen molar-refractivity contribution < 1.29 is 18.7 Å². The Hall–Kier alpha value is -2.51. The number of piperazine rings is 1. The zero-order chi connectivity index (χ0) is 19.8. The van der Waals surface area contributed by atoms with Gasteiger partial charge in [0.2, 0.25) is 5.91 Å². The van der Waals surface area contributed by atoms with Crippen LogP contribution in [0.2, 0.25) is 5.02 Å². The molecule has 0 bridgehead atoms. The number of rotatable bonds is 4. The Bertz CT molecular complexity index is 917. The van der Waals surface area contributed by atoms with Crippen LogP contribution in [0.1, 0.15) is 11.1 Å². The summed E-state index contributed by atoms with van der Waals surface area (Å²) in [5, 5.41) is 0.471. The molecule has 2 aliphatic rings. The first kappa shape index (κ1) is 18.8. The van der Waals surface area contributed by atoms with E-state index in [1.54, 1.807) is 30.0 Å². The summed E-state index contributed by atoms with van der Waals surface area (Å²) < 4.78 is 18.5. The molecule has 0 aliphatic carbocycles. The van der Waals surface area contributed by atoms with Crippen LogP contribution in [0.15, 0.2) is 36.5 Å². The van der Waals surface area contributed by atoms with Gasteiger partial charge in [0.15, 0.2) is 0 Å². The number of anilines is 1. The third-order valence-corrected chi connectivity index (χ3v) is 5.32. The normalized spacial score (nSPS) is 20.5. The zero-order valence-corrected chi connectivity index (χ0v) is 16.0. The molecule has 28 heavy (non-hydrogen) atoms. The fraction of sp³-hybridized carbons (Fsp3) is 0.350. The van der Waals surface area contributed by atoms with Crippen molar-refractivity contribution in [3.8, 4) is 0 Å². The second kappa shape index (κ2) is 7.48. The summed E-state index contributed by atoms with van der Waals surface area (Å²) in [6.07, 6.45) is 1.47. The first-order valence-electron chi connectivity index (χ1n) is 8.99. The summed E-state index contributed by atoms with van der Waals surface area (Å²) in [5.41, 5.74) is 1.49. The van der Waals surface area contributed by atoms with E-state index < -0.39 is 6.04 Å². The molecule has 2 aromatic rings. The van der Waals surface area contributed by atoms with E-state index in [0.717, 1.165) is 11.1 Å². The van der Waals surface area contributed by atoms with Crippen molar-refractivity contribution in [2.75, 3.05) is 24.7 Å². The average molecular weight is 404 g/mol. The Kier molecular flexibility index (Phi) is 5.03. The second-order valence-corrected chi connectivity index (χ2v) is 7.55. The number of amides is 2. The van der Waals surface area contributed by atoms with Crippen molar-refractivity contribution in [3.05, 3.63) is 58.5 Å². The lowest BCUT2D eigenvalue weighted by molar-refractivity contribution is -0.155. The number of hydrogen-bond donors (Lipinski definition) is 0. The largest absolute Gasteiger partial charge is 0.380 e. The number of aromatic nitrogens is 1. The Morgan fingerprint density at radius 1 is 1.25 bits per heavy atom. The Balaban J connectivity index is 1.65. The molecule has 2 fully saturated rings. The molecule has 2 saturated heterocycles. The molecule has 2 aliphatic heterocycles. The van der Waals surface area contributed by atoms with Crippen LogP contribution < -0.4 is 4.90 Å². The van der Waals surface area contributed by atoms with E-state index in [1.807, 2.05) is 0 Å². The molecule has 8 heteroatoms.